The van der Waals surface area contributed by atoms with Crippen LogP contribution >= 0.6 is 11.3 Å². The molecule has 0 aliphatic carbocycles. The zero-order valence-corrected chi connectivity index (χ0v) is 15.3. The molecule has 6 heteroatoms. The quantitative estimate of drug-likeness (QED) is 0.280. The van der Waals surface area contributed by atoms with Crippen molar-refractivity contribution in [3.05, 3.63) is 76.5 Å². The van der Waals surface area contributed by atoms with Crippen LogP contribution in [0.1, 0.15) is 15.2 Å². The topological polar surface area (TPSA) is 51.1 Å². The van der Waals surface area contributed by atoms with Gasteiger partial charge in [-0.05, 0) is 47.3 Å². The highest BCUT2D eigenvalue weighted by molar-refractivity contribution is 7.12. The van der Waals surface area contributed by atoms with Gasteiger partial charge in [-0.25, -0.2) is 4.79 Å². The van der Waals surface area contributed by atoms with Crippen molar-refractivity contribution < 1.29 is 14.3 Å². The maximum atomic E-state index is 12.1. The predicted octanol–water partition coefficient (Wildman–Crippen LogP) is 4.45. The summed E-state index contributed by atoms with van der Waals surface area (Å²) in [5, 5.41) is 8.02. The van der Waals surface area contributed by atoms with Gasteiger partial charge in [0.1, 0.15) is 4.88 Å². The molecule has 1 aromatic heterocycles. The Hall–Kier alpha value is -3.12. The Labute approximate surface area is 156 Å². The number of rotatable bonds is 6. The van der Waals surface area contributed by atoms with E-state index in [1.165, 1.54) is 18.4 Å². The summed E-state index contributed by atoms with van der Waals surface area (Å²) in [6, 6.07) is 18.7. The lowest BCUT2D eigenvalue weighted by atomic mass is 10.2. The van der Waals surface area contributed by atoms with Gasteiger partial charge in [-0.2, -0.15) is 5.10 Å². The molecule has 3 rings (SSSR count). The van der Waals surface area contributed by atoms with Crippen LogP contribution in [0.5, 0.6) is 11.5 Å². The molecule has 0 fully saturated rings. The van der Waals surface area contributed by atoms with Crippen LogP contribution in [0.2, 0.25) is 0 Å². The van der Waals surface area contributed by atoms with Crippen LogP contribution in [0.4, 0.5) is 5.69 Å². The average Bonchev–Trinajstić information content (AvgIpc) is 3.22. The third-order valence-corrected chi connectivity index (χ3v) is 4.47. The molecule has 1 heterocycles. The number of esters is 1. The summed E-state index contributed by atoms with van der Waals surface area (Å²) in [4.78, 5) is 12.6. The Morgan fingerprint density at radius 1 is 1.08 bits per heavy atom. The lowest BCUT2D eigenvalue weighted by molar-refractivity contribution is 0.0735. The molecule has 3 aromatic rings. The number of hydrogen-bond acceptors (Lipinski definition) is 6. The molecule has 2 aromatic carbocycles. The Kier molecular flexibility index (Phi) is 5.66. The summed E-state index contributed by atoms with van der Waals surface area (Å²) in [6.07, 6.45) is 1.72. The lowest BCUT2D eigenvalue weighted by Crippen LogP contribution is -2.09. The maximum Gasteiger partial charge on any atom is 0.353 e. The van der Waals surface area contributed by atoms with Crippen LogP contribution in [0, 0.1) is 0 Å². The van der Waals surface area contributed by atoms with Crippen LogP contribution in [0.25, 0.3) is 0 Å². The molecule has 0 aliphatic rings. The molecule has 0 spiro atoms. The summed E-state index contributed by atoms with van der Waals surface area (Å²) >= 11 is 1.33. The molecule has 0 bridgehead atoms. The highest BCUT2D eigenvalue weighted by Crippen LogP contribution is 2.29. The third-order valence-electron chi connectivity index (χ3n) is 3.62. The number of benzene rings is 2. The monoisotopic (exact) mass is 366 g/mol. The van der Waals surface area contributed by atoms with E-state index in [0.717, 1.165) is 11.3 Å². The molecule has 0 amide bonds. The average molecular weight is 366 g/mol. The number of hydrazone groups is 1. The molecule has 0 atom stereocenters. The van der Waals surface area contributed by atoms with Crippen molar-refractivity contribution in [3.63, 3.8) is 0 Å². The molecule has 132 valence electrons. The molecule has 5 nitrogen and oxygen atoms in total. The fourth-order valence-electron chi connectivity index (χ4n) is 2.26. The van der Waals surface area contributed by atoms with E-state index in [1.807, 2.05) is 48.8 Å². The van der Waals surface area contributed by atoms with Crippen molar-refractivity contribution in [3.8, 4) is 11.5 Å². The van der Waals surface area contributed by atoms with E-state index in [4.69, 9.17) is 9.47 Å². The molecule has 0 N–H and O–H groups in total. The van der Waals surface area contributed by atoms with Gasteiger partial charge in [0.05, 0.1) is 19.0 Å². The van der Waals surface area contributed by atoms with Gasteiger partial charge in [0.15, 0.2) is 11.5 Å². The largest absolute Gasteiger partial charge is 0.493 e. The highest BCUT2D eigenvalue weighted by Gasteiger charge is 2.13. The zero-order valence-electron chi connectivity index (χ0n) is 14.5. The predicted molar refractivity (Wildman–Crippen MR) is 105 cm³/mol. The van der Waals surface area contributed by atoms with Crippen molar-refractivity contribution in [1.29, 1.82) is 0 Å². The fraction of sp³-hybridized carbons (Fsp3) is 0.100. The SMILES string of the molecule is COc1cc(/C=N/N(C)c2ccccc2)ccc1OC(=O)c1cccs1. The third kappa shape index (κ3) is 4.29. The Morgan fingerprint density at radius 3 is 2.58 bits per heavy atom. The molecular formula is C20H18N2O3S. The van der Waals surface area contributed by atoms with Gasteiger partial charge in [0.25, 0.3) is 0 Å². The number of methoxy groups -OCH3 is 1. The van der Waals surface area contributed by atoms with E-state index < -0.39 is 5.97 Å². The smallest absolute Gasteiger partial charge is 0.353 e. The van der Waals surface area contributed by atoms with Crippen LogP contribution in [0.15, 0.2) is 71.1 Å². The number of carbonyl (C=O) groups excluding carboxylic acids is 1. The van der Waals surface area contributed by atoms with Crippen molar-refractivity contribution in [2.45, 2.75) is 0 Å². The van der Waals surface area contributed by atoms with Crippen LogP contribution < -0.4 is 14.5 Å². The second-order valence-corrected chi connectivity index (χ2v) is 6.33. The van der Waals surface area contributed by atoms with Crippen molar-refractivity contribution in [2.75, 3.05) is 19.2 Å². The Morgan fingerprint density at radius 2 is 1.88 bits per heavy atom. The van der Waals surface area contributed by atoms with Gasteiger partial charge in [0, 0.05) is 7.05 Å². The standard InChI is InChI=1S/C20H18N2O3S/c1-22(16-7-4-3-5-8-16)21-14-15-10-11-17(18(13-15)24-2)25-20(23)19-9-6-12-26-19/h3-14H,1-2H3/b21-14+. The van der Waals surface area contributed by atoms with Gasteiger partial charge in [-0.3, -0.25) is 5.01 Å². The normalized spacial score (nSPS) is 10.7. The van der Waals surface area contributed by atoms with Crippen molar-refractivity contribution in [2.24, 2.45) is 5.10 Å². The Balaban J connectivity index is 1.74. The number of thiophene rings is 1. The van der Waals surface area contributed by atoms with Crippen molar-refractivity contribution in [1.82, 2.24) is 0 Å². The molecule has 0 saturated carbocycles. The zero-order chi connectivity index (χ0) is 18.4. The molecule has 0 unspecified atom stereocenters. The minimum Gasteiger partial charge on any atom is -0.493 e. The second-order valence-electron chi connectivity index (χ2n) is 5.38. The number of carbonyl (C=O) groups is 1. The van der Waals surface area contributed by atoms with Crippen LogP contribution in [0.3, 0.4) is 0 Å². The van der Waals surface area contributed by atoms with Crippen LogP contribution in [-0.4, -0.2) is 26.3 Å². The van der Waals surface area contributed by atoms with E-state index in [0.29, 0.717) is 16.4 Å². The second kappa shape index (κ2) is 8.31. The number of hydrogen-bond donors (Lipinski definition) is 0. The van der Waals surface area contributed by atoms with Crippen LogP contribution in [-0.2, 0) is 0 Å². The van der Waals surface area contributed by atoms with E-state index in [2.05, 4.69) is 5.10 Å². The summed E-state index contributed by atoms with van der Waals surface area (Å²) in [7, 11) is 3.41. The maximum absolute atomic E-state index is 12.1. The number of anilines is 1. The molecule has 0 radical (unpaired) electrons. The van der Waals surface area contributed by atoms with E-state index in [-0.39, 0.29) is 0 Å². The molecule has 0 aliphatic heterocycles. The van der Waals surface area contributed by atoms with Gasteiger partial charge in [0.2, 0.25) is 0 Å². The summed E-state index contributed by atoms with van der Waals surface area (Å²) in [6.45, 7) is 0. The summed E-state index contributed by atoms with van der Waals surface area (Å²) in [5.74, 6) is 0.448. The first kappa shape index (κ1) is 17.7. The summed E-state index contributed by atoms with van der Waals surface area (Å²) in [5.41, 5.74) is 1.82. The first-order chi connectivity index (χ1) is 12.7. The van der Waals surface area contributed by atoms with Gasteiger partial charge in [-0.15, -0.1) is 11.3 Å². The number of para-hydroxylation sites is 1. The highest BCUT2D eigenvalue weighted by atomic mass is 32.1. The minimum absolute atomic E-state index is 0.375. The summed E-state index contributed by atoms with van der Waals surface area (Å²) < 4.78 is 10.8. The van der Waals surface area contributed by atoms with Gasteiger partial charge >= 0.3 is 5.97 Å². The lowest BCUT2D eigenvalue weighted by Gasteiger charge is -2.12. The van der Waals surface area contributed by atoms with Gasteiger partial charge < -0.3 is 9.47 Å². The Bertz CT molecular complexity index is 893. The van der Waals surface area contributed by atoms with E-state index in [1.54, 1.807) is 35.5 Å². The van der Waals surface area contributed by atoms with Gasteiger partial charge in [-0.1, -0.05) is 24.3 Å². The number of ether oxygens (including phenoxy) is 2. The first-order valence-corrected chi connectivity index (χ1v) is 8.82. The molecular weight excluding hydrogens is 348 g/mol. The molecule has 26 heavy (non-hydrogen) atoms. The number of nitrogens with zero attached hydrogens (tertiary/aromatic N) is 2. The van der Waals surface area contributed by atoms with E-state index in [9.17, 15) is 4.79 Å². The first-order valence-electron chi connectivity index (χ1n) is 7.94. The molecule has 0 saturated heterocycles. The minimum atomic E-state index is -0.400. The van der Waals surface area contributed by atoms with E-state index >= 15 is 0 Å². The van der Waals surface area contributed by atoms with Crippen molar-refractivity contribution >= 4 is 29.2 Å². The fourth-order valence-corrected chi connectivity index (χ4v) is 2.86.